The molecule has 1 fully saturated rings. The lowest BCUT2D eigenvalue weighted by molar-refractivity contribution is 0.0534. The van der Waals surface area contributed by atoms with Crippen LogP contribution >= 0.6 is 0 Å². The summed E-state index contributed by atoms with van der Waals surface area (Å²) < 4.78 is 24.1. The van der Waals surface area contributed by atoms with Gasteiger partial charge in [-0.15, -0.1) is 0 Å². The average molecular weight is 522 g/mol. The van der Waals surface area contributed by atoms with Gasteiger partial charge in [0, 0.05) is 37.9 Å². The fourth-order valence-electron chi connectivity index (χ4n) is 4.94. The highest BCUT2D eigenvalue weighted by Gasteiger charge is 2.29. The Morgan fingerprint density at radius 3 is 2.42 bits per heavy atom. The van der Waals surface area contributed by atoms with E-state index in [2.05, 4.69) is 11.9 Å². The molecule has 5 rings (SSSR count). The largest absolute Gasteiger partial charge is 0.474 e. The SMILES string of the molecule is CCn1c(=O)n(CCCO)c(=O)c2c1nc(-c1ccc(OC3CCC3C)nc1C)n2Cc1ccc(F)cc1. The minimum Gasteiger partial charge on any atom is -0.474 e. The smallest absolute Gasteiger partial charge is 0.332 e. The van der Waals surface area contributed by atoms with Crippen LogP contribution in [-0.4, -0.2) is 41.5 Å². The number of hydrogen-bond donors (Lipinski definition) is 1. The Morgan fingerprint density at radius 2 is 1.82 bits per heavy atom. The zero-order valence-electron chi connectivity index (χ0n) is 21.9. The fourth-order valence-corrected chi connectivity index (χ4v) is 4.94. The normalized spacial score (nSPS) is 17.1. The molecule has 1 aliphatic carbocycles. The maximum Gasteiger partial charge on any atom is 0.332 e. The van der Waals surface area contributed by atoms with Crippen LogP contribution in [0.5, 0.6) is 5.88 Å². The summed E-state index contributed by atoms with van der Waals surface area (Å²) in [6.45, 7) is 6.34. The van der Waals surface area contributed by atoms with E-state index in [4.69, 9.17) is 9.72 Å². The predicted octanol–water partition coefficient (Wildman–Crippen LogP) is 3.50. The zero-order chi connectivity index (χ0) is 27.0. The molecular formula is C28H32FN5O4. The molecule has 9 nitrogen and oxygen atoms in total. The number of rotatable bonds is 9. The molecule has 200 valence electrons. The second-order valence-electron chi connectivity index (χ2n) is 9.87. The lowest BCUT2D eigenvalue weighted by atomic mass is 9.84. The van der Waals surface area contributed by atoms with Crippen LogP contribution in [0.15, 0.2) is 46.0 Å². The summed E-state index contributed by atoms with van der Waals surface area (Å²) in [6.07, 6.45) is 2.58. The van der Waals surface area contributed by atoms with Gasteiger partial charge in [-0.3, -0.25) is 13.9 Å². The number of fused-ring (bicyclic) bond motifs is 1. The Balaban J connectivity index is 1.70. The summed E-state index contributed by atoms with van der Waals surface area (Å²) in [7, 11) is 0. The highest BCUT2D eigenvalue weighted by molar-refractivity contribution is 5.78. The monoisotopic (exact) mass is 521 g/mol. The van der Waals surface area contributed by atoms with Crippen LogP contribution < -0.4 is 16.0 Å². The Morgan fingerprint density at radius 1 is 1.05 bits per heavy atom. The Labute approximate surface area is 219 Å². The number of imidazole rings is 1. The minimum absolute atomic E-state index is 0.0907. The molecule has 1 aliphatic rings. The van der Waals surface area contributed by atoms with E-state index in [1.165, 1.54) is 16.7 Å². The van der Waals surface area contributed by atoms with Crippen molar-refractivity contribution in [2.45, 2.75) is 65.8 Å². The van der Waals surface area contributed by atoms with Crippen LogP contribution in [0.2, 0.25) is 0 Å². The average Bonchev–Trinajstić information content (AvgIpc) is 3.26. The number of aryl methyl sites for hydroxylation is 2. The van der Waals surface area contributed by atoms with Gasteiger partial charge < -0.3 is 14.4 Å². The third-order valence-corrected chi connectivity index (χ3v) is 7.34. The first kappa shape index (κ1) is 25.8. The summed E-state index contributed by atoms with van der Waals surface area (Å²) in [5.41, 5.74) is 1.75. The summed E-state index contributed by atoms with van der Waals surface area (Å²) in [4.78, 5) is 36.3. The molecule has 1 aromatic carbocycles. The molecule has 0 bridgehead atoms. The van der Waals surface area contributed by atoms with Crippen LogP contribution in [0, 0.1) is 18.7 Å². The first-order valence-electron chi connectivity index (χ1n) is 13.1. The van der Waals surface area contributed by atoms with Gasteiger partial charge in [-0.2, -0.15) is 0 Å². The van der Waals surface area contributed by atoms with Gasteiger partial charge in [0.15, 0.2) is 11.2 Å². The van der Waals surface area contributed by atoms with E-state index in [0.29, 0.717) is 35.4 Å². The maximum atomic E-state index is 13.7. The number of aromatic nitrogens is 5. The summed E-state index contributed by atoms with van der Waals surface area (Å²) in [5, 5.41) is 9.33. The molecule has 0 radical (unpaired) electrons. The van der Waals surface area contributed by atoms with E-state index in [-0.39, 0.29) is 49.2 Å². The van der Waals surface area contributed by atoms with Crippen LogP contribution in [0.25, 0.3) is 22.6 Å². The van der Waals surface area contributed by atoms with Crippen LogP contribution in [0.4, 0.5) is 4.39 Å². The number of ether oxygens (including phenoxy) is 1. The van der Waals surface area contributed by atoms with Gasteiger partial charge in [0.25, 0.3) is 5.56 Å². The van der Waals surface area contributed by atoms with Crippen molar-refractivity contribution in [1.29, 1.82) is 0 Å². The molecule has 1 saturated carbocycles. The highest BCUT2D eigenvalue weighted by Crippen LogP contribution is 2.32. The second kappa shape index (κ2) is 10.5. The molecular weight excluding hydrogens is 489 g/mol. The van der Waals surface area contributed by atoms with Crippen molar-refractivity contribution in [2.75, 3.05) is 6.61 Å². The van der Waals surface area contributed by atoms with Gasteiger partial charge in [-0.1, -0.05) is 19.1 Å². The number of hydrogen-bond acceptors (Lipinski definition) is 6. The molecule has 4 aromatic rings. The second-order valence-corrected chi connectivity index (χ2v) is 9.87. The Bertz CT molecular complexity index is 1590. The topological polar surface area (TPSA) is 104 Å². The quantitative estimate of drug-likeness (QED) is 0.362. The van der Waals surface area contributed by atoms with E-state index in [9.17, 15) is 19.1 Å². The van der Waals surface area contributed by atoms with E-state index in [0.717, 1.165) is 23.0 Å². The number of benzene rings is 1. The molecule has 3 heterocycles. The van der Waals surface area contributed by atoms with E-state index < -0.39 is 11.2 Å². The van der Waals surface area contributed by atoms with Crippen molar-refractivity contribution >= 4 is 11.2 Å². The fraction of sp³-hybridized carbons (Fsp3) is 0.429. The summed E-state index contributed by atoms with van der Waals surface area (Å²) in [5.74, 6) is 1.17. The lowest BCUT2D eigenvalue weighted by Gasteiger charge is -2.33. The van der Waals surface area contributed by atoms with Crippen LogP contribution in [-0.2, 0) is 19.6 Å². The molecule has 10 heteroatoms. The van der Waals surface area contributed by atoms with Gasteiger partial charge in [0.2, 0.25) is 5.88 Å². The first-order chi connectivity index (χ1) is 18.3. The molecule has 1 N–H and O–H groups in total. The van der Waals surface area contributed by atoms with Gasteiger partial charge in [-0.25, -0.2) is 19.2 Å². The number of aliphatic hydroxyl groups excluding tert-OH is 1. The first-order valence-corrected chi connectivity index (χ1v) is 13.1. The van der Waals surface area contributed by atoms with Gasteiger partial charge >= 0.3 is 5.69 Å². The number of pyridine rings is 1. The molecule has 0 saturated heterocycles. The third-order valence-electron chi connectivity index (χ3n) is 7.34. The highest BCUT2D eigenvalue weighted by atomic mass is 19.1. The number of halogens is 1. The van der Waals surface area contributed by atoms with Gasteiger partial charge in [0.05, 0.1) is 5.69 Å². The molecule has 0 amide bonds. The van der Waals surface area contributed by atoms with E-state index in [1.54, 1.807) is 22.8 Å². The standard InChI is InChI=1S/C28H32FN5O4/c1-4-32-26-24(27(36)33(28(32)37)14-5-15-35)34(16-19-7-9-20(29)10-8-19)25(31-26)21-11-13-23(30-18(21)3)38-22-12-6-17(22)2/h7-11,13,17,22,35H,4-6,12,14-16H2,1-3H3. The van der Waals surface area contributed by atoms with E-state index >= 15 is 0 Å². The van der Waals surface area contributed by atoms with Crippen molar-refractivity contribution in [3.05, 3.63) is 74.3 Å². The Hall–Kier alpha value is -3.79. The number of aliphatic hydroxyl groups is 1. The van der Waals surface area contributed by atoms with Crippen LogP contribution in [0.1, 0.15) is 44.4 Å². The van der Waals surface area contributed by atoms with Crippen molar-refractivity contribution < 1.29 is 14.2 Å². The summed E-state index contributed by atoms with van der Waals surface area (Å²) >= 11 is 0. The third kappa shape index (κ3) is 4.64. The molecule has 38 heavy (non-hydrogen) atoms. The molecule has 2 atom stereocenters. The minimum atomic E-state index is -0.478. The van der Waals surface area contributed by atoms with Crippen LogP contribution in [0.3, 0.4) is 0 Å². The van der Waals surface area contributed by atoms with Gasteiger partial charge in [0.1, 0.15) is 17.7 Å². The molecule has 2 unspecified atom stereocenters. The molecule has 0 aliphatic heterocycles. The number of nitrogens with zero attached hydrogens (tertiary/aromatic N) is 5. The Kier molecular flexibility index (Phi) is 7.16. The van der Waals surface area contributed by atoms with Crippen molar-refractivity contribution in [3.63, 3.8) is 0 Å². The predicted molar refractivity (Wildman–Crippen MR) is 142 cm³/mol. The van der Waals surface area contributed by atoms with Crippen molar-refractivity contribution in [2.24, 2.45) is 5.92 Å². The summed E-state index contributed by atoms with van der Waals surface area (Å²) in [6, 6.07) is 9.75. The van der Waals surface area contributed by atoms with Crippen molar-refractivity contribution in [1.82, 2.24) is 23.7 Å². The maximum absolute atomic E-state index is 13.7. The zero-order valence-corrected chi connectivity index (χ0v) is 21.9. The van der Waals surface area contributed by atoms with Gasteiger partial charge in [-0.05, 0) is 62.8 Å². The lowest BCUT2D eigenvalue weighted by Crippen LogP contribution is -2.40. The van der Waals surface area contributed by atoms with Crippen molar-refractivity contribution in [3.8, 4) is 17.3 Å². The molecule has 3 aromatic heterocycles. The molecule has 0 spiro atoms. The van der Waals surface area contributed by atoms with E-state index in [1.807, 2.05) is 19.9 Å².